The minimum absolute atomic E-state index is 0.0262. The number of furan rings is 1. The minimum atomic E-state index is 0.0262. The second kappa shape index (κ2) is 4.72. The third-order valence-electron chi connectivity index (χ3n) is 3.19. The van der Waals surface area contributed by atoms with Gasteiger partial charge in [-0.3, -0.25) is 4.79 Å². The Balaban J connectivity index is 1.86. The highest BCUT2D eigenvalue weighted by atomic mass is 16.3. The van der Waals surface area contributed by atoms with Gasteiger partial charge in [-0.1, -0.05) is 0 Å². The molecule has 2 aromatic rings. The van der Waals surface area contributed by atoms with E-state index in [-0.39, 0.29) is 5.91 Å². The van der Waals surface area contributed by atoms with Gasteiger partial charge in [-0.25, -0.2) is 0 Å². The topological polar surface area (TPSA) is 59.3 Å². The van der Waals surface area contributed by atoms with Crippen LogP contribution < -0.4 is 5.32 Å². The molecule has 0 spiro atoms. The van der Waals surface area contributed by atoms with E-state index in [1.807, 2.05) is 30.3 Å². The van der Waals surface area contributed by atoms with Gasteiger partial charge < -0.3 is 14.5 Å². The Labute approximate surface area is 110 Å². The summed E-state index contributed by atoms with van der Waals surface area (Å²) in [4.78, 5) is 21.6. The van der Waals surface area contributed by atoms with E-state index >= 15 is 0 Å². The fourth-order valence-corrected chi connectivity index (χ4v) is 2.25. The third kappa shape index (κ3) is 2.29. The van der Waals surface area contributed by atoms with Gasteiger partial charge >= 0.3 is 0 Å². The van der Waals surface area contributed by atoms with Crippen LogP contribution in [0.15, 0.2) is 34.7 Å². The van der Waals surface area contributed by atoms with Gasteiger partial charge in [-0.05, 0) is 35.9 Å². The Kier molecular flexibility index (Phi) is 2.91. The van der Waals surface area contributed by atoms with Gasteiger partial charge in [-0.15, -0.1) is 0 Å². The number of benzene rings is 1. The Bertz CT molecular complexity index is 643. The van der Waals surface area contributed by atoms with E-state index in [1.165, 1.54) is 0 Å². The molecule has 4 heteroatoms. The van der Waals surface area contributed by atoms with E-state index in [4.69, 9.17) is 4.42 Å². The molecule has 4 nitrogen and oxygen atoms in total. The number of rotatable bonds is 4. The maximum Gasteiger partial charge on any atom is 0.228 e. The first-order chi connectivity index (χ1) is 9.26. The molecule has 0 saturated heterocycles. The summed E-state index contributed by atoms with van der Waals surface area (Å²) in [5.41, 5.74) is 2.82. The molecular weight excluding hydrogens is 242 g/mol. The molecule has 1 aliphatic rings. The molecule has 0 fully saturated rings. The number of carbonyl (C=O) groups excluding carboxylic acids is 2. The Morgan fingerprint density at radius 1 is 1.26 bits per heavy atom. The van der Waals surface area contributed by atoms with Crippen molar-refractivity contribution in [1.82, 2.24) is 0 Å². The van der Waals surface area contributed by atoms with E-state index in [0.717, 1.165) is 34.6 Å². The number of aryl methyl sites for hydroxylation is 1. The molecular formula is C15H13NO3. The van der Waals surface area contributed by atoms with Crippen molar-refractivity contribution in [3.8, 4) is 11.3 Å². The maximum atomic E-state index is 11.3. The molecule has 0 aliphatic carbocycles. The van der Waals surface area contributed by atoms with Crippen molar-refractivity contribution in [3.63, 3.8) is 0 Å². The summed E-state index contributed by atoms with van der Waals surface area (Å²) < 4.78 is 5.69. The van der Waals surface area contributed by atoms with Crippen LogP contribution in [0.25, 0.3) is 11.3 Å². The highest BCUT2D eigenvalue weighted by molar-refractivity contribution is 5.99. The van der Waals surface area contributed by atoms with Gasteiger partial charge in [0.2, 0.25) is 5.91 Å². The van der Waals surface area contributed by atoms with E-state index in [2.05, 4.69) is 5.32 Å². The fourth-order valence-electron chi connectivity index (χ4n) is 2.25. The Morgan fingerprint density at radius 3 is 3.00 bits per heavy atom. The molecule has 96 valence electrons. The van der Waals surface area contributed by atoms with Crippen LogP contribution in [0, 0.1) is 0 Å². The molecule has 1 aromatic carbocycles. The normalized spacial score (nSPS) is 13.2. The maximum absolute atomic E-state index is 11.3. The number of amides is 1. The zero-order valence-electron chi connectivity index (χ0n) is 10.3. The van der Waals surface area contributed by atoms with Crippen LogP contribution in [0.5, 0.6) is 0 Å². The molecule has 2 heterocycles. The third-order valence-corrected chi connectivity index (χ3v) is 3.19. The average molecular weight is 255 g/mol. The summed E-state index contributed by atoms with van der Waals surface area (Å²) >= 11 is 0. The van der Waals surface area contributed by atoms with Crippen LogP contribution in [0.1, 0.15) is 17.7 Å². The number of aldehydes is 1. The van der Waals surface area contributed by atoms with Gasteiger partial charge in [0.25, 0.3) is 0 Å². The molecule has 1 amide bonds. The van der Waals surface area contributed by atoms with Crippen LogP contribution in [-0.4, -0.2) is 12.2 Å². The van der Waals surface area contributed by atoms with Crippen molar-refractivity contribution < 1.29 is 14.0 Å². The van der Waals surface area contributed by atoms with Gasteiger partial charge in [0.15, 0.2) is 0 Å². The monoisotopic (exact) mass is 255 g/mol. The predicted molar refractivity (Wildman–Crippen MR) is 70.9 cm³/mol. The lowest BCUT2D eigenvalue weighted by Gasteiger charge is -2.01. The molecule has 0 atom stereocenters. The fraction of sp³-hybridized carbons (Fsp3) is 0.200. The number of anilines is 1. The molecule has 1 N–H and O–H groups in total. The van der Waals surface area contributed by atoms with Crippen molar-refractivity contribution in [2.75, 3.05) is 5.32 Å². The SMILES string of the molecule is O=CCCc1ccc(-c2ccc3c(c2)CC(=O)N3)o1. The zero-order chi connectivity index (χ0) is 13.2. The first-order valence-electron chi connectivity index (χ1n) is 6.22. The van der Waals surface area contributed by atoms with Gasteiger partial charge in [-0.2, -0.15) is 0 Å². The van der Waals surface area contributed by atoms with Crippen molar-refractivity contribution in [1.29, 1.82) is 0 Å². The number of hydrogen-bond donors (Lipinski definition) is 1. The molecule has 0 radical (unpaired) electrons. The lowest BCUT2D eigenvalue weighted by molar-refractivity contribution is -0.115. The lowest BCUT2D eigenvalue weighted by atomic mass is 10.1. The number of carbonyl (C=O) groups is 2. The van der Waals surface area contributed by atoms with Gasteiger partial charge in [0.1, 0.15) is 17.8 Å². The molecule has 1 aromatic heterocycles. The van der Waals surface area contributed by atoms with Gasteiger partial charge in [0, 0.05) is 24.1 Å². The number of hydrogen-bond acceptors (Lipinski definition) is 3. The largest absolute Gasteiger partial charge is 0.461 e. The van der Waals surface area contributed by atoms with Crippen LogP contribution in [0.4, 0.5) is 5.69 Å². The predicted octanol–water partition coefficient (Wildman–Crippen LogP) is 2.57. The summed E-state index contributed by atoms with van der Waals surface area (Å²) in [7, 11) is 0. The van der Waals surface area contributed by atoms with Crippen molar-refractivity contribution in [2.45, 2.75) is 19.3 Å². The summed E-state index contributed by atoms with van der Waals surface area (Å²) in [6, 6.07) is 9.56. The minimum Gasteiger partial charge on any atom is -0.461 e. The second-order valence-electron chi connectivity index (χ2n) is 4.57. The average Bonchev–Trinajstić information content (AvgIpc) is 3.00. The highest BCUT2D eigenvalue weighted by Gasteiger charge is 2.18. The molecule has 0 bridgehead atoms. The summed E-state index contributed by atoms with van der Waals surface area (Å²) in [5.74, 6) is 1.60. The first kappa shape index (κ1) is 11.7. The van der Waals surface area contributed by atoms with E-state index in [1.54, 1.807) is 0 Å². The van der Waals surface area contributed by atoms with Crippen LogP contribution in [-0.2, 0) is 22.4 Å². The van der Waals surface area contributed by atoms with E-state index in [0.29, 0.717) is 19.3 Å². The van der Waals surface area contributed by atoms with Crippen molar-refractivity contribution in [2.24, 2.45) is 0 Å². The summed E-state index contributed by atoms with van der Waals surface area (Å²) in [5, 5.41) is 2.80. The second-order valence-corrected chi connectivity index (χ2v) is 4.57. The highest BCUT2D eigenvalue weighted by Crippen LogP contribution is 2.30. The smallest absolute Gasteiger partial charge is 0.228 e. The van der Waals surface area contributed by atoms with Crippen LogP contribution >= 0.6 is 0 Å². The quantitative estimate of drug-likeness (QED) is 0.854. The van der Waals surface area contributed by atoms with E-state index in [9.17, 15) is 9.59 Å². The number of nitrogens with one attached hydrogen (secondary N) is 1. The van der Waals surface area contributed by atoms with Crippen molar-refractivity contribution >= 4 is 17.9 Å². The summed E-state index contributed by atoms with van der Waals surface area (Å²) in [6.45, 7) is 0. The molecule has 1 aliphatic heterocycles. The van der Waals surface area contributed by atoms with Crippen LogP contribution in [0.3, 0.4) is 0 Å². The molecule has 0 saturated carbocycles. The Morgan fingerprint density at radius 2 is 2.16 bits per heavy atom. The Hall–Kier alpha value is -2.36. The van der Waals surface area contributed by atoms with E-state index < -0.39 is 0 Å². The summed E-state index contributed by atoms with van der Waals surface area (Å²) in [6.07, 6.45) is 2.39. The molecule has 3 rings (SSSR count). The van der Waals surface area contributed by atoms with Crippen LogP contribution in [0.2, 0.25) is 0 Å². The van der Waals surface area contributed by atoms with Gasteiger partial charge in [0.05, 0.1) is 6.42 Å². The molecule has 0 unspecified atom stereocenters. The first-order valence-corrected chi connectivity index (χ1v) is 6.22. The standard InChI is InChI=1S/C15H13NO3/c17-7-1-2-12-4-6-14(19-12)10-3-5-13-11(8-10)9-15(18)16-13/h3-8H,1-2,9H2,(H,16,18). The molecule has 19 heavy (non-hydrogen) atoms. The zero-order valence-corrected chi connectivity index (χ0v) is 10.3. The lowest BCUT2D eigenvalue weighted by Crippen LogP contribution is -2.03. The van der Waals surface area contributed by atoms with Crippen molar-refractivity contribution in [3.05, 3.63) is 41.7 Å². The number of fused-ring (bicyclic) bond motifs is 1.